The number of aromatic amines is 1. The molecule has 0 spiro atoms. The normalized spacial score (nSPS) is 21.9. The summed E-state index contributed by atoms with van der Waals surface area (Å²) in [5.74, 6) is -1.19. The van der Waals surface area contributed by atoms with Crippen LogP contribution in [0.1, 0.15) is 52.5 Å². The molecule has 1 aliphatic heterocycles. The minimum Gasteiger partial charge on any atom is -0.399 e. The molecule has 30 heavy (non-hydrogen) atoms. The minimum absolute atomic E-state index is 0.210. The van der Waals surface area contributed by atoms with E-state index in [1.54, 1.807) is 27.7 Å². The third-order valence-corrected chi connectivity index (χ3v) is 8.66. The molecule has 0 amide bonds. The van der Waals surface area contributed by atoms with Gasteiger partial charge in [0, 0.05) is 10.8 Å². The van der Waals surface area contributed by atoms with Crippen LogP contribution in [0.5, 0.6) is 0 Å². The number of H-pyrrole nitrogens is 1. The van der Waals surface area contributed by atoms with E-state index in [9.17, 15) is 26.0 Å². The highest BCUT2D eigenvalue weighted by Crippen LogP contribution is 2.40. The summed E-state index contributed by atoms with van der Waals surface area (Å²) in [5.41, 5.74) is -3.86. The number of halogens is 4. The molecule has 2 fully saturated rings. The zero-order chi connectivity index (χ0) is 22.3. The van der Waals surface area contributed by atoms with E-state index in [1.165, 1.54) is 0 Å². The van der Waals surface area contributed by atoms with E-state index >= 15 is 0 Å². The van der Waals surface area contributed by atoms with Gasteiger partial charge in [0.25, 0.3) is 0 Å². The molecule has 1 N–H and O–H groups in total. The molecule has 1 aromatic heterocycles. The monoisotopic (exact) mass is 447 g/mol. The highest BCUT2D eigenvalue weighted by molar-refractivity contribution is 7.92. The number of fused-ring (bicyclic) bond motifs is 1. The summed E-state index contributed by atoms with van der Waals surface area (Å²) in [6.07, 6.45) is -3.19. The van der Waals surface area contributed by atoms with Gasteiger partial charge in [-0.15, -0.1) is 0 Å². The third kappa shape index (κ3) is 3.17. The van der Waals surface area contributed by atoms with Crippen LogP contribution in [0.15, 0.2) is 17.2 Å². The SMILES string of the molecule is CC1(C)OB(c2c(C(F)(F)F)cc(F)c3[nH]c(S(=O)(=O)C4CCC4)cc23)OC1(C)C. The van der Waals surface area contributed by atoms with Crippen molar-refractivity contribution in [3.05, 3.63) is 23.5 Å². The van der Waals surface area contributed by atoms with Gasteiger partial charge in [-0.2, -0.15) is 13.2 Å². The zero-order valence-corrected chi connectivity index (χ0v) is 17.8. The Morgan fingerprint density at radius 1 is 1.10 bits per heavy atom. The van der Waals surface area contributed by atoms with E-state index in [4.69, 9.17) is 9.31 Å². The summed E-state index contributed by atoms with van der Waals surface area (Å²) < 4.78 is 93.3. The van der Waals surface area contributed by atoms with Crippen molar-refractivity contribution in [2.45, 2.75) is 74.6 Å². The second-order valence-corrected chi connectivity index (χ2v) is 11.1. The average Bonchev–Trinajstić information content (AvgIpc) is 3.04. The molecule has 11 heteroatoms. The summed E-state index contributed by atoms with van der Waals surface area (Å²) in [6.45, 7) is 6.74. The van der Waals surface area contributed by atoms with Crippen molar-refractivity contribution in [1.29, 1.82) is 0 Å². The van der Waals surface area contributed by atoms with Crippen LogP contribution in [0.4, 0.5) is 17.6 Å². The van der Waals surface area contributed by atoms with E-state index in [2.05, 4.69) is 4.98 Å². The van der Waals surface area contributed by atoms with Crippen LogP contribution < -0.4 is 5.46 Å². The van der Waals surface area contributed by atoms with Crippen molar-refractivity contribution in [3.63, 3.8) is 0 Å². The van der Waals surface area contributed by atoms with Crippen LogP contribution in [0.2, 0.25) is 0 Å². The van der Waals surface area contributed by atoms with Crippen LogP contribution in [-0.2, 0) is 25.3 Å². The van der Waals surface area contributed by atoms with E-state index in [0.29, 0.717) is 18.9 Å². The molecule has 2 aliphatic rings. The van der Waals surface area contributed by atoms with Crippen LogP contribution >= 0.6 is 0 Å². The van der Waals surface area contributed by atoms with Gasteiger partial charge in [-0.1, -0.05) is 6.42 Å². The molecule has 2 heterocycles. The van der Waals surface area contributed by atoms with Crippen LogP contribution in [0.25, 0.3) is 10.9 Å². The molecule has 5 nitrogen and oxygen atoms in total. The Morgan fingerprint density at radius 2 is 1.67 bits per heavy atom. The lowest BCUT2D eigenvalue weighted by atomic mass is 9.73. The number of nitrogens with one attached hydrogen (secondary N) is 1. The molecule has 1 saturated carbocycles. The Hall–Kier alpha value is -1.59. The largest absolute Gasteiger partial charge is 0.496 e. The Kier molecular flexibility index (Phi) is 4.66. The van der Waals surface area contributed by atoms with Gasteiger partial charge in [-0.25, -0.2) is 12.8 Å². The van der Waals surface area contributed by atoms with Gasteiger partial charge in [-0.05, 0) is 52.7 Å². The van der Waals surface area contributed by atoms with Gasteiger partial charge >= 0.3 is 13.3 Å². The van der Waals surface area contributed by atoms with Crippen LogP contribution in [0, 0.1) is 5.82 Å². The summed E-state index contributed by atoms with van der Waals surface area (Å²) in [5, 5.41) is -1.12. The van der Waals surface area contributed by atoms with Gasteiger partial charge in [0.05, 0.1) is 27.5 Å². The van der Waals surface area contributed by atoms with Gasteiger partial charge in [0.1, 0.15) is 10.8 Å². The van der Waals surface area contributed by atoms with Crippen molar-refractivity contribution in [2.24, 2.45) is 0 Å². The molecule has 164 valence electrons. The molecule has 1 aromatic carbocycles. The zero-order valence-electron chi connectivity index (χ0n) is 17.0. The van der Waals surface area contributed by atoms with E-state index in [1.807, 2.05) is 0 Å². The molecule has 0 bridgehead atoms. The van der Waals surface area contributed by atoms with Gasteiger partial charge < -0.3 is 14.3 Å². The lowest BCUT2D eigenvalue weighted by Crippen LogP contribution is -2.41. The smallest absolute Gasteiger partial charge is 0.399 e. The standard InChI is InChI=1S/C19H22BF4NO4S/c1-17(2)18(3,4)29-20(28-17)15-11-8-14(30(26,27)10-6-5-7-10)25-16(11)13(21)9-12(15)19(22,23)24/h8-10,25H,5-7H2,1-4H3. The van der Waals surface area contributed by atoms with E-state index in [-0.39, 0.29) is 15.9 Å². The fourth-order valence-corrected chi connectivity index (χ4v) is 5.56. The summed E-state index contributed by atoms with van der Waals surface area (Å²) in [7, 11) is -5.24. The molecule has 1 saturated heterocycles. The summed E-state index contributed by atoms with van der Waals surface area (Å²) in [4.78, 5) is 2.50. The Balaban J connectivity index is 1.96. The van der Waals surface area contributed by atoms with Crippen molar-refractivity contribution in [2.75, 3.05) is 0 Å². The lowest BCUT2D eigenvalue weighted by Gasteiger charge is -2.32. The lowest BCUT2D eigenvalue weighted by molar-refractivity contribution is -0.137. The highest BCUT2D eigenvalue weighted by Gasteiger charge is 2.54. The van der Waals surface area contributed by atoms with Crippen molar-refractivity contribution in [3.8, 4) is 0 Å². The Bertz CT molecular complexity index is 1100. The maximum Gasteiger partial charge on any atom is 0.496 e. The topological polar surface area (TPSA) is 68.4 Å². The highest BCUT2D eigenvalue weighted by atomic mass is 32.2. The van der Waals surface area contributed by atoms with Crippen molar-refractivity contribution in [1.82, 2.24) is 4.98 Å². The molecule has 0 atom stereocenters. The maximum atomic E-state index is 14.6. The summed E-state index contributed by atoms with van der Waals surface area (Å²) >= 11 is 0. The first kappa shape index (κ1) is 21.6. The first-order chi connectivity index (χ1) is 13.6. The number of alkyl halides is 3. The number of sulfone groups is 1. The van der Waals surface area contributed by atoms with Crippen LogP contribution in [0.3, 0.4) is 0 Å². The van der Waals surface area contributed by atoms with Gasteiger partial charge in [-0.3, -0.25) is 0 Å². The molecule has 1 aliphatic carbocycles. The predicted octanol–water partition coefficient (Wildman–Crippen LogP) is 3.95. The third-order valence-electron chi connectivity index (χ3n) is 6.48. The fraction of sp³-hybridized carbons (Fsp3) is 0.579. The molecule has 0 unspecified atom stereocenters. The van der Waals surface area contributed by atoms with Crippen molar-refractivity contribution < 1.29 is 35.3 Å². The van der Waals surface area contributed by atoms with Crippen LogP contribution in [-0.4, -0.2) is 37.0 Å². The van der Waals surface area contributed by atoms with Gasteiger partial charge in [0.2, 0.25) is 0 Å². The first-order valence-corrected chi connectivity index (χ1v) is 11.2. The van der Waals surface area contributed by atoms with E-state index < -0.39 is 56.4 Å². The quantitative estimate of drug-likeness (QED) is 0.572. The average molecular weight is 447 g/mol. The Labute approximate surface area is 172 Å². The predicted molar refractivity (Wildman–Crippen MR) is 104 cm³/mol. The number of hydrogen-bond donors (Lipinski definition) is 1. The molecule has 2 aromatic rings. The number of hydrogen-bond acceptors (Lipinski definition) is 4. The van der Waals surface area contributed by atoms with Crippen molar-refractivity contribution >= 4 is 33.3 Å². The first-order valence-electron chi connectivity index (χ1n) is 9.67. The maximum absolute atomic E-state index is 14.6. The van der Waals surface area contributed by atoms with Gasteiger partial charge in [0.15, 0.2) is 9.84 Å². The summed E-state index contributed by atoms with van der Waals surface area (Å²) in [6, 6.07) is 1.43. The minimum atomic E-state index is -4.89. The number of rotatable bonds is 3. The molecule has 0 radical (unpaired) electrons. The molecular weight excluding hydrogens is 425 g/mol. The fourth-order valence-electron chi connectivity index (χ4n) is 3.72. The van der Waals surface area contributed by atoms with E-state index in [0.717, 1.165) is 12.5 Å². The number of benzene rings is 1. The second-order valence-electron chi connectivity index (χ2n) is 8.93. The molecular formula is C19H22BF4NO4S. The Morgan fingerprint density at radius 3 is 2.13 bits per heavy atom. The number of aromatic nitrogens is 1. The second kappa shape index (κ2) is 6.46. The molecule has 4 rings (SSSR count).